The number of nitrogens with zero attached hydrogens (tertiary/aromatic N) is 1. The highest BCUT2D eigenvalue weighted by molar-refractivity contribution is 5.98. The molecule has 9 nitrogen and oxygen atoms in total. The Hall–Kier alpha value is -4.11. The van der Waals surface area contributed by atoms with Crippen molar-refractivity contribution in [1.82, 2.24) is 4.98 Å². The molecule has 4 N–H and O–H groups in total. The van der Waals surface area contributed by atoms with Crippen LogP contribution in [0.4, 0.5) is 0 Å². The highest BCUT2D eigenvalue weighted by atomic mass is 16.5. The van der Waals surface area contributed by atoms with Gasteiger partial charge in [-0.3, -0.25) is 14.6 Å². The lowest BCUT2D eigenvalue weighted by Gasteiger charge is -2.24. The number of esters is 1. The molecule has 2 aromatic carbocycles. The molecule has 0 spiro atoms. The van der Waals surface area contributed by atoms with Gasteiger partial charge in [-0.05, 0) is 37.6 Å². The van der Waals surface area contributed by atoms with Gasteiger partial charge in [0.2, 0.25) is 0 Å². The van der Waals surface area contributed by atoms with Crippen molar-refractivity contribution in [3.05, 3.63) is 75.6 Å². The Labute approximate surface area is 201 Å². The van der Waals surface area contributed by atoms with Gasteiger partial charge < -0.3 is 29.9 Å². The zero-order valence-corrected chi connectivity index (χ0v) is 19.4. The lowest BCUT2D eigenvalue weighted by Crippen LogP contribution is -2.13. The third-order valence-corrected chi connectivity index (χ3v) is 6.25. The number of benzene rings is 2. The van der Waals surface area contributed by atoms with Gasteiger partial charge in [-0.2, -0.15) is 0 Å². The summed E-state index contributed by atoms with van der Waals surface area (Å²) in [5.41, 5.74) is 1.75. The van der Waals surface area contributed by atoms with Crippen LogP contribution in [0.2, 0.25) is 0 Å². The van der Waals surface area contributed by atoms with Crippen molar-refractivity contribution in [3.8, 4) is 23.0 Å². The number of phenols is 3. The summed E-state index contributed by atoms with van der Waals surface area (Å²) in [5, 5.41) is 43.2. The van der Waals surface area contributed by atoms with Crippen molar-refractivity contribution in [2.45, 2.75) is 38.9 Å². The molecule has 0 bridgehead atoms. The molecule has 2 unspecified atom stereocenters. The minimum atomic E-state index is -0.971. The highest BCUT2D eigenvalue weighted by Crippen LogP contribution is 2.50. The van der Waals surface area contributed by atoms with Crippen molar-refractivity contribution >= 4 is 11.8 Å². The standard InChI is InChI=1S/C26H25NO8/c1-12-23(31)21-15(10-27-12)11-35-26(21)19-8-17(13(2)28)24(32)22(25(19)33)18(9-20(30)34-3)14-5-4-6-16(29)7-14/h4-8,10,18,26,29,31-33H,9,11H2,1-3H3. The van der Waals surface area contributed by atoms with Gasteiger partial charge in [0.15, 0.2) is 5.78 Å². The van der Waals surface area contributed by atoms with E-state index in [0.29, 0.717) is 22.4 Å². The predicted molar refractivity (Wildman–Crippen MR) is 124 cm³/mol. The number of pyridine rings is 1. The molecule has 3 aromatic rings. The van der Waals surface area contributed by atoms with E-state index in [1.807, 2.05) is 0 Å². The maximum absolute atomic E-state index is 12.5. The third-order valence-electron chi connectivity index (χ3n) is 6.25. The number of ketones is 1. The van der Waals surface area contributed by atoms with Crippen LogP contribution in [-0.2, 0) is 20.9 Å². The number of hydrogen-bond donors (Lipinski definition) is 4. The minimum Gasteiger partial charge on any atom is -0.508 e. The van der Waals surface area contributed by atoms with Crippen LogP contribution in [0.3, 0.4) is 0 Å². The first-order valence-electron chi connectivity index (χ1n) is 10.9. The molecule has 0 saturated heterocycles. The van der Waals surface area contributed by atoms with Gasteiger partial charge in [-0.15, -0.1) is 0 Å². The van der Waals surface area contributed by atoms with E-state index >= 15 is 0 Å². The smallest absolute Gasteiger partial charge is 0.306 e. The number of Topliss-reactive ketones (excluding diaryl/α,β-unsaturated/α-hetero) is 1. The Morgan fingerprint density at radius 2 is 1.89 bits per heavy atom. The molecule has 4 rings (SSSR count). The normalized spacial score (nSPS) is 15.5. The molecule has 0 radical (unpaired) electrons. The summed E-state index contributed by atoms with van der Waals surface area (Å²) in [5.74, 6) is -3.16. The van der Waals surface area contributed by atoms with Crippen LogP contribution in [-0.4, -0.2) is 44.3 Å². The predicted octanol–water partition coefficient (Wildman–Crippen LogP) is 3.73. The second-order valence-corrected chi connectivity index (χ2v) is 8.43. The second kappa shape index (κ2) is 9.27. The first kappa shape index (κ1) is 24.0. The number of methoxy groups -OCH3 is 1. The zero-order chi connectivity index (χ0) is 25.4. The highest BCUT2D eigenvalue weighted by Gasteiger charge is 2.36. The Morgan fingerprint density at radius 3 is 2.54 bits per heavy atom. The molecule has 1 aromatic heterocycles. The summed E-state index contributed by atoms with van der Waals surface area (Å²) in [6, 6.07) is 7.34. The molecule has 2 atom stereocenters. The molecule has 182 valence electrons. The van der Waals surface area contributed by atoms with Crippen LogP contribution in [0.15, 0.2) is 36.5 Å². The average Bonchev–Trinajstić information content (AvgIpc) is 3.25. The van der Waals surface area contributed by atoms with E-state index in [1.54, 1.807) is 25.3 Å². The second-order valence-electron chi connectivity index (χ2n) is 8.43. The fraction of sp³-hybridized carbons (Fsp3) is 0.269. The number of ether oxygens (including phenoxy) is 2. The summed E-state index contributed by atoms with van der Waals surface area (Å²) < 4.78 is 10.7. The number of fused-ring (bicyclic) bond motifs is 1. The van der Waals surface area contributed by atoms with Crippen LogP contribution in [0, 0.1) is 6.92 Å². The number of carbonyl (C=O) groups is 2. The number of phenolic OH excluding ortho intramolecular Hbond substituents is 3. The molecule has 0 saturated carbocycles. The number of aromatic hydroxyl groups is 4. The quantitative estimate of drug-likeness (QED) is 0.307. The first-order chi connectivity index (χ1) is 16.6. The summed E-state index contributed by atoms with van der Waals surface area (Å²) in [6.45, 7) is 3.00. The van der Waals surface area contributed by atoms with E-state index in [4.69, 9.17) is 9.47 Å². The van der Waals surface area contributed by atoms with E-state index in [0.717, 1.165) is 0 Å². The van der Waals surface area contributed by atoms with Crippen molar-refractivity contribution in [2.75, 3.05) is 7.11 Å². The van der Waals surface area contributed by atoms with Gasteiger partial charge in [0.25, 0.3) is 0 Å². The van der Waals surface area contributed by atoms with Crippen molar-refractivity contribution < 1.29 is 39.5 Å². The Bertz CT molecular complexity index is 1330. The minimum absolute atomic E-state index is 0.0831. The fourth-order valence-corrected chi connectivity index (χ4v) is 4.44. The number of aryl methyl sites for hydroxylation is 1. The van der Waals surface area contributed by atoms with Crippen LogP contribution in [0.25, 0.3) is 0 Å². The average molecular weight is 479 g/mol. The fourth-order valence-electron chi connectivity index (χ4n) is 4.44. The lowest BCUT2D eigenvalue weighted by atomic mass is 9.83. The molecular weight excluding hydrogens is 454 g/mol. The Kier molecular flexibility index (Phi) is 6.36. The van der Waals surface area contributed by atoms with E-state index in [9.17, 15) is 30.0 Å². The molecule has 1 aliphatic heterocycles. The number of aromatic nitrogens is 1. The lowest BCUT2D eigenvalue weighted by molar-refractivity contribution is -0.140. The van der Waals surface area contributed by atoms with Crippen LogP contribution >= 0.6 is 0 Å². The van der Waals surface area contributed by atoms with Gasteiger partial charge in [0.1, 0.15) is 29.1 Å². The monoisotopic (exact) mass is 479 g/mol. The van der Waals surface area contributed by atoms with Gasteiger partial charge in [0.05, 0.1) is 31.4 Å². The van der Waals surface area contributed by atoms with Crippen LogP contribution in [0.1, 0.15) is 69.2 Å². The molecule has 0 fully saturated rings. The molecule has 0 amide bonds. The summed E-state index contributed by atoms with van der Waals surface area (Å²) in [7, 11) is 1.21. The van der Waals surface area contributed by atoms with Gasteiger partial charge in [-0.1, -0.05) is 12.1 Å². The molecule has 9 heteroatoms. The van der Waals surface area contributed by atoms with E-state index in [-0.39, 0.29) is 41.2 Å². The zero-order valence-electron chi connectivity index (χ0n) is 19.4. The maximum Gasteiger partial charge on any atom is 0.306 e. The van der Waals surface area contributed by atoms with Crippen molar-refractivity contribution in [1.29, 1.82) is 0 Å². The van der Waals surface area contributed by atoms with E-state index < -0.39 is 35.3 Å². The van der Waals surface area contributed by atoms with E-state index in [1.165, 1.54) is 32.2 Å². The third kappa shape index (κ3) is 4.26. The summed E-state index contributed by atoms with van der Waals surface area (Å²) in [6.07, 6.45) is 0.326. The maximum atomic E-state index is 12.5. The molecule has 35 heavy (non-hydrogen) atoms. The van der Waals surface area contributed by atoms with Gasteiger partial charge in [-0.25, -0.2) is 0 Å². The van der Waals surface area contributed by atoms with Gasteiger partial charge in [0, 0.05) is 34.4 Å². The van der Waals surface area contributed by atoms with E-state index in [2.05, 4.69) is 4.98 Å². The van der Waals surface area contributed by atoms with Crippen molar-refractivity contribution in [2.24, 2.45) is 0 Å². The SMILES string of the molecule is COC(=O)CC(c1cccc(O)c1)c1c(O)c(C(C)=O)cc(C2OCc3cnc(C)c(O)c32)c1O. The van der Waals surface area contributed by atoms with Gasteiger partial charge >= 0.3 is 5.97 Å². The van der Waals surface area contributed by atoms with Crippen LogP contribution in [0.5, 0.6) is 23.0 Å². The Morgan fingerprint density at radius 1 is 1.14 bits per heavy atom. The number of hydrogen-bond acceptors (Lipinski definition) is 9. The molecule has 1 aliphatic rings. The largest absolute Gasteiger partial charge is 0.508 e. The summed E-state index contributed by atoms with van der Waals surface area (Å²) >= 11 is 0. The molecular formula is C26H25NO8. The summed E-state index contributed by atoms with van der Waals surface area (Å²) in [4.78, 5) is 28.9. The topological polar surface area (TPSA) is 146 Å². The molecule has 2 heterocycles. The number of rotatable bonds is 6. The van der Waals surface area contributed by atoms with Crippen LogP contribution < -0.4 is 0 Å². The number of carbonyl (C=O) groups excluding carboxylic acids is 2. The molecule has 0 aliphatic carbocycles. The van der Waals surface area contributed by atoms with Crippen molar-refractivity contribution in [3.63, 3.8) is 0 Å². The Balaban J connectivity index is 1.99. The first-order valence-corrected chi connectivity index (χ1v) is 10.9.